The number of carbonyl (C=O) groups excluding carboxylic acids is 1. The molecule has 21 heavy (non-hydrogen) atoms. The zero-order valence-electron chi connectivity index (χ0n) is 11.1. The van der Waals surface area contributed by atoms with Crippen LogP contribution in [0.15, 0.2) is 36.0 Å². The van der Waals surface area contributed by atoms with Gasteiger partial charge in [-0.25, -0.2) is 4.98 Å². The first-order valence-electron chi connectivity index (χ1n) is 6.12. The molecule has 2 aromatic heterocycles. The summed E-state index contributed by atoms with van der Waals surface area (Å²) in [5, 5.41) is 16.4. The van der Waals surface area contributed by atoms with Crippen molar-refractivity contribution >= 4 is 17.2 Å². The largest absolute Gasteiger partial charge is 0.507 e. The van der Waals surface area contributed by atoms with Crippen molar-refractivity contribution in [2.45, 2.75) is 0 Å². The molecule has 0 spiro atoms. The zero-order valence-corrected chi connectivity index (χ0v) is 12.0. The molecule has 0 unspecified atom stereocenters. The average Bonchev–Trinajstić information content (AvgIpc) is 3.07. The lowest BCUT2D eigenvalue weighted by Gasteiger charge is -2.02. The molecule has 0 aliphatic heterocycles. The fourth-order valence-corrected chi connectivity index (χ4v) is 2.77. The Balaban J connectivity index is 2.00. The van der Waals surface area contributed by atoms with Crippen LogP contribution in [0, 0.1) is 0 Å². The van der Waals surface area contributed by atoms with E-state index >= 15 is 0 Å². The van der Waals surface area contributed by atoms with Gasteiger partial charge in [-0.3, -0.25) is 9.48 Å². The summed E-state index contributed by atoms with van der Waals surface area (Å²) in [5.41, 5.74) is 7.71. The molecule has 1 aromatic carbocycles. The summed E-state index contributed by atoms with van der Waals surface area (Å²) in [6.45, 7) is 0. The number of thiazole rings is 1. The molecule has 0 atom stereocenters. The Morgan fingerprint density at radius 1 is 1.38 bits per heavy atom. The molecule has 1 amide bonds. The van der Waals surface area contributed by atoms with Crippen molar-refractivity contribution in [1.29, 1.82) is 0 Å². The third-order valence-electron chi connectivity index (χ3n) is 3.01. The molecule has 7 heteroatoms. The number of aromatic nitrogens is 3. The second kappa shape index (κ2) is 5.02. The summed E-state index contributed by atoms with van der Waals surface area (Å²) in [7, 11) is 1.84. The summed E-state index contributed by atoms with van der Waals surface area (Å²) in [6, 6.07) is 4.68. The normalized spacial score (nSPS) is 10.7. The van der Waals surface area contributed by atoms with E-state index in [1.165, 1.54) is 17.4 Å². The number of nitrogens with zero attached hydrogens (tertiary/aromatic N) is 3. The van der Waals surface area contributed by atoms with Gasteiger partial charge in [0, 0.05) is 29.8 Å². The average molecular weight is 300 g/mol. The molecule has 0 bridgehead atoms. The highest BCUT2D eigenvalue weighted by molar-refractivity contribution is 7.13. The van der Waals surface area contributed by atoms with Gasteiger partial charge < -0.3 is 10.8 Å². The SMILES string of the molecule is Cn1cc(-c2nc(-c3ccc(O)c(C(N)=O)c3)cs2)cn1. The number of hydrogen-bond acceptors (Lipinski definition) is 5. The van der Waals surface area contributed by atoms with Crippen LogP contribution in [0.2, 0.25) is 0 Å². The predicted molar refractivity (Wildman–Crippen MR) is 79.9 cm³/mol. The van der Waals surface area contributed by atoms with Crippen LogP contribution in [-0.2, 0) is 7.05 Å². The number of aryl methyl sites for hydroxylation is 1. The van der Waals surface area contributed by atoms with Crippen LogP contribution in [0.1, 0.15) is 10.4 Å². The quantitative estimate of drug-likeness (QED) is 0.773. The highest BCUT2D eigenvalue weighted by Gasteiger charge is 2.12. The molecule has 0 saturated carbocycles. The Labute approximate surface area is 124 Å². The maximum Gasteiger partial charge on any atom is 0.252 e. The van der Waals surface area contributed by atoms with Gasteiger partial charge in [-0.2, -0.15) is 5.10 Å². The zero-order chi connectivity index (χ0) is 15.0. The van der Waals surface area contributed by atoms with E-state index < -0.39 is 5.91 Å². The molecule has 106 valence electrons. The second-order valence-corrected chi connectivity index (χ2v) is 5.39. The van der Waals surface area contributed by atoms with Gasteiger partial charge in [0.25, 0.3) is 5.91 Å². The van der Waals surface area contributed by atoms with E-state index in [-0.39, 0.29) is 11.3 Å². The highest BCUT2D eigenvalue weighted by atomic mass is 32.1. The smallest absolute Gasteiger partial charge is 0.252 e. The lowest BCUT2D eigenvalue weighted by molar-refractivity contribution is 0.0998. The second-order valence-electron chi connectivity index (χ2n) is 4.54. The minimum Gasteiger partial charge on any atom is -0.507 e. The Bertz CT molecular complexity index is 822. The fourth-order valence-electron chi connectivity index (χ4n) is 1.96. The van der Waals surface area contributed by atoms with Crippen molar-refractivity contribution in [3.63, 3.8) is 0 Å². The molecular formula is C14H12N4O2S. The number of phenols is 1. The third kappa shape index (κ3) is 2.50. The Morgan fingerprint density at radius 3 is 2.86 bits per heavy atom. The molecule has 0 fully saturated rings. The van der Waals surface area contributed by atoms with Crippen molar-refractivity contribution in [3.05, 3.63) is 41.5 Å². The van der Waals surface area contributed by atoms with Crippen LogP contribution in [0.5, 0.6) is 5.75 Å². The Morgan fingerprint density at radius 2 is 2.19 bits per heavy atom. The van der Waals surface area contributed by atoms with Crippen molar-refractivity contribution in [1.82, 2.24) is 14.8 Å². The van der Waals surface area contributed by atoms with Crippen LogP contribution in [0.25, 0.3) is 21.8 Å². The van der Waals surface area contributed by atoms with Gasteiger partial charge in [0.05, 0.1) is 17.5 Å². The first-order valence-corrected chi connectivity index (χ1v) is 7.00. The van der Waals surface area contributed by atoms with Gasteiger partial charge in [-0.05, 0) is 18.2 Å². The monoisotopic (exact) mass is 300 g/mol. The molecule has 0 radical (unpaired) electrons. The number of amides is 1. The van der Waals surface area contributed by atoms with Gasteiger partial charge >= 0.3 is 0 Å². The number of benzene rings is 1. The topological polar surface area (TPSA) is 94.0 Å². The maximum atomic E-state index is 11.3. The van der Waals surface area contributed by atoms with E-state index in [0.717, 1.165) is 21.8 Å². The summed E-state index contributed by atoms with van der Waals surface area (Å²) < 4.78 is 1.71. The standard InChI is InChI=1S/C14H12N4O2S/c1-18-6-9(5-16-18)14-17-11(7-21-14)8-2-3-12(19)10(4-8)13(15)20/h2-7,19H,1H3,(H2,15,20). The number of aromatic hydroxyl groups is 1. The van der Waals surface area contributed by atoms with Crippen LogP contribution in [-0.4, -0.2) is 25.8 Å². The van der Waals surface area contributed by atoms with Crippen LogP contribution < -0.4 is 5.73 Å². The molecule has 6 nitrogen and oxygen atoms in total. The number of carbonyl (C=O) groups is 1. The van der Waals surface area contributed by atoms with E-state index in [1.54, 1.807) is 23.0 Å². The minimum absolute atomic E-state index is 0.0865. The Hall–Kier alpha value is -2.67. The summed E-state index contributed by atoms with van der Waals surface area (Å²) in [4.78, 5) is 15.8. The number of rotatable bonds is 3. The van der Waals surface area contributed by atoms with Gasteiger partial charge in [0.2, 0.25) is 0 Å². The molecule has 0 aliphatic rings. The molecule has 3 aromatic rings. The van der Waals surface area contributed by atoms with Crippen molar-refractivity contribution in [2.24, 2.45) is 12.8 Å². The number of primary amides is 1. The fraction of sp³-hybridized carbons (Fsp3) is 0.0714. The molecule has 0 aliphatic carbocycles. The van der Waals surface area contributed by atoms with E-state index in [4.69, 9.17) is 5.73 Å². The molecule has 2 heterocycles. The van der Waals surface area contributed by atoms with Crippen LogP contribution in [0.4, 0.5) is 0 Å². The Kier molecular flexibility index (Phi) is 3.19. The van der Waals surface area contributed by atoms with Gasteiger partial charge in [-0.1, -0.05) is 0 Å². The number of hydrogen-bond donors (Lipinski definition) is 2. The first kappa shape index (κ1) is 13.3. The van der Waals surface area contributed by atoms with E-state index in [2.05, 4.69) is 10.1 Å². The van der Waals surface area contributed by atoms with Gasteiger partial charge in [0.15, 0.2) is 0 Å². The highest BCUT2D eigenvalue weighted by Crippen LogP contribution is 2.30. The van der Waals surface area contributed by atoms with Crippen molar-refractivity contribution in [2.75, 3.05) is 0 Å². The van der Waals surface area contributed by atoms with Crippen LogP contribution >= 0.6 is 11.3 Å². The molecular weight excluding hydrogens is 288 g/mol. The van der Waals surface area contributed by atoms with Crippen molar-refractivity contribution in [3.8, 4) is 27.6 Å². The van der Waals surface area contributed by atoms with E-state index in [9.17, 15) is 9.90 Å². The van der Waals surface area contributed by atoms with E-state index in [0.29, 0.717) is 0 Å². The maximum absolute atomic E-state index is 11.3. The van der Waals surface area contributed by atoms with Crippen molar-refractivity contribution < 1.29 is 9.90 Å². The lowest BCUT2D eigenvalue weighted by Crippen LogP contribution is -2.11. The minimum atomic E-state index is -0.669. The number of nitrogens with two attached hydrogens (primary N) is 1. The van der Waals surface area contributed by atoms with Gasteiger partial charge in [-0.15, -0.1) is 11.3 Å². The lowest BCUT2D eigenvalue weighted by atomic mass is 10.1. The first-order chi connectivity index (χ1) is 10.0. The molecule has 3 rings (SSSR count). The third-order valence-corrected chi connectivity index (χ3v) is 3.91. The molecule has 3 N–H and O–H groups in total. The van der Waals surface area contributed by atoms with Gasteiger partial charge in [0.1, 0.15) is 10.8 Å². The van der Waals surface area contributed by atoms with Crippen LogP contribution in [0.3, 0.4) is 0 Å². The summed E-state index contributed by atoms with van der Waals surface area (Å²) in [5.74, 6) is -0.800. The summed E-state index contributed by atoms with van der Waals surface area (Å²) >= 11 is 1.49. The molecule has 0 saturated heterocycles. The van der Waals surface area contributed by atoms with E-state index in [1.807, 2.05) is 18.6 Å². The predicted octanol–water partition coefficient (Wildman–Crippen LogP) is 2.02. The summed E-state index contributed by atoms with van der Waals surface area (Å²) in [6.07, 6.45) is 3.63.